The molecule has 2 N–H and O–H groups in total. The predicted molar refractivity (Wildman–Crippen MR) is 80.0 cm³/mol. The molecule has 1 atom stereocenters. The first-order chi connectivity index (χ1) is 9.24. The molecular formula is C16H15NOS. The second-order valence-corrected chi connectivity index (χ2v) is 5.56. The molecule has 2 heterocycles. The number of hydrogen-bond acceptors (Lipinski definition) is 3. The van der Waals surface area contributed by atoms with Gasteiger partial charge in [0, 0.05) is 16.1 Å². The number of benzene rings is 1. The molecular weight excluding hydrogens is 254 g/mol. The first kappa shape index (κ1) is 12.1. The van der Waals surface area contributed by atoms with Crippen LogP contribution in [0, 0.1) is 0 Å². The molecule has 0 bridgehead atoms. The van der Waals surface area contributed by atoms with Gasteiger partial charge in [0.15, 0.2) is 0 Å². The SMILES string of the molecule is CC1=C(c2ccc(O)cc2)C=CC(c2cccs2)N1. The Balaban J connectivity index is 1.87. The molecule has 96 valence electrons. The van der Waals surface area contributed by atoms with Crippen LogP contribution in [0.5, 0.6) is 5.75 Å². The summed E-state index contributed by atoms with van der Waals surface area (Å²) in [5, 5.41) is 15.0. The Morgan fingerprint density at radius 3 is 2.58 bits per heavy atom. The summed E-state index contributed by atoms with van der Waals surface area (Å²) in [5.41, 5.74) is 3.45. The Bertz CT molecular complexity index is 623. The second kappa shape index (κ2) is 4.94. The van der Waals surface area contributed by atoms with Crippen LogP contribution < -0.4 is 5.32 Å². The van der Waals surface area contributed by atoms with E-state index in [1.54, 1.807) is 23.5 Å². The topological polar surface area (TPSA) is 32.3 Å². The highest BCUT2D eigenvalue weighted by Crippen LogP contribution is 2.30. The van der Waals surface area contributed by atoms with Gasteiger partial charge in [-0.05, 0) is 36.1 Å². The predicted octanol–water partition coefficient (Wildman–Crippen LogP) is 4.09. The minimum Gasteiger partial charge on any atom is -0.508 e. The minimum absolute atomic E-state index is 0.265. The number of allylic oxidation sites excluding steroid dienone is 3. The van der Waals surface area contributed by atoms with E-state index in [4.69, 9.17) is 0 Å². The minimum atomic E-state index is 0.265. The normalized spacial score (nSPS) is 18.5. The van der Waals surface area contributed by atoms with Crippen LogP contribution in [-0.2, 0) is 0 Å². The molecule has 2 aromatic rings. The number of aromatic hydroxyl groups is 1. The van der Waals surface area contributed by atoms with Gasteiger partial charge in [0.2, 0.25) is 0 Å². The number of dihydropyridines is 1. The van der Waals surface area contributed by atoms with Gasteiger partial charge in [-0.2, -0.15) is 0 Å². The lowest BCUT2D eigenvalue weighted by atomic mass is 9.99. The lowest BCUT2D eigenvalue weighted by Gasteiger charge is -2.22. The van der Waals surface area contributed by atoms with Crippen molar-refractivity contribution in [2.24, 2.45) is 0 Å². The average Bonchev–Trinajstić information content (AvgIpc) is 2.94. The summed E-state index contributed by atoms with van der Waals surface area (Å²) in [5.74, 6) is 0.297. The molecule has 0 spiro atoms. The molecule has 3 rings (SSSR count). The van der Waals surface area contributed by atoms with Gasteiger partial charge in [0.05, 0.1) is 6.04 Å². The zero-order valence-electron chi connectivity index (χ0n) is 10.6. The van der Waals surface area contributed by atoms with E-state index in [9.17, 15) is 5.11 Å². The van der Waals surface area contributed by atoms with Gasteiger partial charge in [-0.25, -0.2) is 0 Å². The van der Waals surface area contributed by atoms with Gasteiger partial charge in [-0.1, -0.05) is 30.4 Å². The zero-order chi connectivity index (χ0) is 13.2. The van der Waals surface area contributed by atoms with Crippen LogP contribution >= 0.6 is 11.3 Å². The van der Waals surface area contributed by atoms with E-state index >= 15 is 0 Å². The summed E-state index contributed by atoms with van der Waals surface area (Å²) in [6.45, 7) is 2.09. The Labute approximate surface area is 116 Å². The standard InChI is InChI=1S/C16H15NOS/c1-11-14(12-4-6-13(18)7-5-12)8-9-15(17-11)16-3-2-10-19-16/h2-10,15,17-18H,1H3. The van der Waals surface area contributed by atoms with Crippen LogP contribution in [0.2, 0.25) is 0 Å². The van der Waals surface area contributed by atoms with Gasteiger partial charge in [0.1, 0.15) is 5.75 Å². The van der Waals surface area contributed by atoms with Crippen molar-refractivity contribution in [1.82, 2.24) is 5.32 Å². The van der Waals surface area contributed by atoms with Crippen molar-refractivity contribution in [2.75, 3.05) is 0 Å². The third-order valence-electron chi connectivity index (χ3n) is 3.26. The van der Waals surface area contributed by atoms with Gasteiger partial charge in [-0.3, -0.25) is 0 Å². The maximum Gasteiger partial charge on any atom is 0.115 e. The van der Waals surface area contributed by atoms with E-state index in [0.717, 1.165) is 11.3 Å². The fourth-order valence-corrected chi connectivity index (χ4v) is 3.02. The summed E-state index contributed by atoms with van der Waals surface area (Å²) in [7, 11) is 0. The molecule has 0 aliphatic carbocycles. The van der Waals surface area contributed by atoms with Crippen LogP contribution in [0.1, 0.15) is 23.4 Å². The van der Waals surface area contributed by atoms with Gasteiger partial charge in [0.25, 0.3) is 0 Å². The fourth-order valence-electron chi connectivity index (χ4n) is 2.26. The van der Waals surface area contributed by atoms with Crippen molar-refractivity contribution in [3.05, 3.63) is 70.1 Å². The first-order valence-corrected chi connectivity index (χ1v) is 7.10. The average molecular weight is 269 g/mol. The third-order valence-corrected chi connectivity index (χ3v) is 4.21. The molecule has 19 heavy (non-hydrogen) atoms. The molecule has 1 aromatic carbocycles. The Morgan fingerprint density at radius 2 is 1.95 bits per heavy atom. The highest BCUT2D eigenvalue weighted by Gasteiger charge is 2.15. The lowest BCUT2D eigenvalue weighted by Crippen LogP contribution is -2.20. The number of phenolic OH excluding ortho intramolecular Hbond substituents is 1. The monoisotopic (exact) mass is 269 g/mol. The van der Waals surface area contributed by atoms with E-state index in [-0.39, 0.29) is 6.04 Å². The number of nitrogens with one attached hydrogen (secondary N) is 1. The van der Waals surface area contributed by atoms with Crippen LogP contribution in [0.3, 0.4) is 0 Å². The smallest absolute Gasteiger partial charge is 0.115 e. The molecule has 0 fully saturated rings. The van der Waals surface area contributed by atoms with Crippen LogP contribution in [0.4, 0.5) is 0 Å². The maximum absolute atomic E-state index is 9.34. The molecule has 1 aliphatic rings. The quantitative estimate of drug-likeness (QED) is 0.860. The van der Waals surface area contributed by atoms with Crippen LogP contribution in [0.25, 0.3) is 5.57 Å². The molecule has 1 aromatic heterocycles. The van der Waals surface area contributed by atoms with E-state index in [1.807, 2.05) is 12.1 Å². The molecule has 1 aliphatic heterocycles. The van der Waals surface area contributed by atoms with Gasteiger partial charge < -0.3 is 10.4 Å². The maximum atomic E-state index is 9.34. The van der Waals surface area contributed by atoms with Crippen molar-refractivity contribution in [3.8, 4) is 5.75 Å². The molecule has 0 amide bonds. The highest BCUT2D eigenvalue weighted by atomic mass is 32.1. The van der Waals surface area contributed by atoms with Crippen molar-refractivity contribution >= 4 is 16.9 Å². The number of phenols is 1. The summed E-state index contributed by atoms with van der Waals surface area (Å²) in [6, 6.07) is 11.8. The largest absolute Gasteiger partial charge is 0.508 e. The highest BCUT2D eigenvalue weighted by molar-refractivity contribution is 7.10. The number of hydrogen-bond donors (Lipinski definition) is 2. The molecule has 0 saturated heterocycles. The number of rotatable bonds is 2. The van der Waals surface area contributed by atoms with Crippen molar-refractivity contribution in [3.63, 3.8) is 0 Å². The summed E-state index contributed by atoms with van der Waals surface area (Å²) >= 11 is 1.76. The summed E-state index contributed by atoms with van der Waals surface area (Å²) in [4.78, 5) is 1.32. The Morgan fingerprint density at radius 1 is 1.16 bits per heavy atom. The molecule has 2 nitrogen and oxygen atoms in total. The zero-order valence-corrected chi connectivity index (χ0v) is 11.4. The van der Waals surface area contributed by atoms with Crippen molar-refractivity contribution < 1.29 is 5.11 Å². The van der Waals surface area contributed by atoms with E-state index < -0.39 is 0 Å². The summed E-state index contributed by atoms with van der Waals surface area (Å²) < 4.78 is 0. The van der Waals surface area contributed by atoms with E-state index in [1.165, 1.54) is 10.5 Å². The fraction of sp³-hybridized carbons (Fsp3) is 0.125. The summed E-state index contributed by atoms with van der Waals surface area (Å²) in [6.07, 6.45) is 4.34. The van der Waals surface area contributed by atoms with Gasteiger partial charge in [-0.15, -0.1) is 11.3 Å². The second-order valence-electron chi connectivity index (χ2n) is 4.58. The number of thiophene rings is 1. The van der Waals surface area contributed by atoms with Crippen molar-refractivity contribution in [1.29, 1.82) is 0 Å². The lowest BCUT2D eigenvalue weighted by molar-refractivity contribution is 0.475. The molecule has 0 saturated carbocycles. The Hall–Kier alpha value is -2.00. The first-order valence-electron chi connectivity index (χ1n) is 6.22. The van der Waals surface area contributed by atoms with Crippen LogP contribution in [-0.4, -0.2) is 5.11 Å². The van der Waals surface area contributed by atoms with E-state index in [0.29, 0.717) is 5.75 Å². The van der Waals surface area contributed by atoms with Gasteiger partial charge >= 0.3 is 0 Å². The van der Waals surface area contributed by atoms with E-state index in [2.05, 4.69) is 41.9 Å². The molecule has 1 unspecified atom stereocenters. The molecule has 3 heteroatoms. The van der Waals surface area contributed by atoms with Crippen LogP contribution in [0.15, 0.2) is 59.6 Å². The molecule has 0 radical (unpaired) electrons. The Kier molecular flexibility index (Phi) is 3.13. The third kappa shape index (κ3) is 2.42. The van der Waals surface area contributed by atoms with Crippen molar-refractivity contribution in [2.45, 2.75) is 13.0 Å².